The maximum atomic E-state index is 12.6. The second-order valence-electron chi connectivity index (χ2n) is 6.16. The number of sulfonamides is 1. The standard InChI is InChI=1S/C18H19ClN2O3S2/c1-21(2)26(23,24)14-6-3-12(4-7-14)18(22)20-16-9-10-25-17-8-5-13(19)11-15(16)17/h3-8,11,16H,9-10H2,1-2H3,(H,20,22). The number of benzene rings is 2. The fraction of sp³-hybridized carbons (Fsp3) is 0.278. The number of thioether (sulfide) groups is 1. The highest BCUT2D eigenvalue weighted by atomic mass is 35.5. The van der Waals surface area contributed by atoms with Gasteiger partial charge in [-0.15, -0.1) is 11.8 Å². The number of fused-ring (bicyclic) bond motifs is 1. The van der Waals surface area contributed by atoms with Crippen molar-refractivity contribution >= 4 is 39.3 Å². The van der Waals surface area contributed by atoms with Crippen molar-refractivity contribution in [3.05, 3.63) is 58.6 Å². The second kappa shape index (κ2) is 7.60. The lowest BCUT2D eigenvalue weighted by molar-refractivity contribution is 0.0935. The lowest BCUT2D eigenvalue weighted by Crippen LogP contribution is -2.30. The average Bonchev–Trinajstić information content (AvgIpc) is 2.62. The molecule has 1 unspecified atom stereocenters. The van der Waals surface area contributed by atoms with E-state index in [0.717, 1.165) is 26.9 Å². The first kappa shape index (κ1) is 19.2. The van der Waals surface area contributed by atoms with Crippen LogP contribution in [0, 0.1) is 0 Å². The molecule has 2 aromatic rings. The number of nitrogens with one attached hydrogen (secondary N) is 1. The van der Waals surface area contributed by atoms with Gasteiger partial charge in [-0.05, 0) is 54.4 Å². The minimum Gasteiger partial charge on any atom is -0.345 e. The zero-order chi connectivity index (χ0) is 18.9. The number of hydrogen-bond donors (Lipinski definition) is 1. The molecule has 0 radical (unpaired) electrons. The molecule has 1 amide bonds. The highest BCUT2D eigenvalue weighted by Gasteiger charge is 2.23. The summed E-state index contributed by atoms with van der Waals surface area (Å²) in [6, 6.07) is 11.6. The van der Waals surface area contributed by atoms with Gasteiger partial charge in [-0.1, -0.05) is 11.6 Å². The van der Waals surface area contributed by atoms with Gasteiger partial charge in [-0.2, -0.15) is 0 Å². The van der Waals surface area contributed by atoms with E-state index in [1.807, 2.05) is 18.2 Å². The van der Waals surface area contributed by atoms with Gasteiger partial charge in [0.05, 0.1) is 10.9 Å². The van der Waals surface area contributed by atoms with Crippen LogP contribution in [0.5, 0.6) is 0 Å². The normalized spacial score (nSPS) is 17.0. The van der Waals surface area contributed by atoms with Crippen molar-refractivity contribution in [2.45, 2.75) is 22.3 Å². The zero-order valence-electron chi connectivity index (χ0n) is 14.4. The molecule has 0 bridgehead atoms. The van der Waals surface area contributed by atoms with E-state index >= 15 is 0 Å². The Morgan fingerprint density at radius 2 is 1.88 bits per heavy atom. The first-order valence-corrected chi connectivity index (χ1v) is 10.8. The van der Waals surface area contributed by atoms with Crippen molar-refractivity contribution in [1.29, 1.82) is 0 Å². The number of halogens is 1. The summed E-state index contributed by atoms with van der Waals surface area (Å²) < 4.78 is 25.4. The number of hydrogen-bond acceptors (Lipinski definition) is 4. The van der Waals surface area contributed by atoms with E-state index < -0.39 is 10.0 Å². The molecule has 8 heteroatoms. The number of nitrogens with zero attached hydrogens (tertiary/aromatic N) is 1. The third-order valence-corrected chi connectivity index (χ3v) is 7.40. The van der Waals surface area contributed by atoms with Crippen molar-refractivity contribution in [2.75, 3.05) is 19.8 Å². The van der Waals surface area contributed by atoms with Crippen molar-refractivity contribution in [3.8, 4) is 0 Å². The Kier molecular flexibility index (Phi) is 5.62. The molecule has 1 atom stereocenters. The van der Waals surface area contributed by atoms with Crippen molar-refractivity contribution in [2.24, 2.45) is 0 Å². The molecule has 3 rings (SSSR count). The van der Waals surface area contributed by atoms with Gasteiger partial charge in [0.25, 0.3) is 5.91 Å². The highest BCUT2D eigenvalue weighted by molar-refractivity contribution is 7.99. The monoisotopic (exact) mass is 410 g/mol. The smallest absolute Gasteiger partial charge is 0.251 e. The minimum atomic E-state index is -3.51. The van der Waals surface area contributed by atoms with Crippen LogP contribution in [0.1, 0.15) is 28.4 Å². The van der Waals surface area contributed by atoms with Gasteiger partial charge in [-0.3, -0.25) is 4.79 Å². The molecule has 0 fully saturated rings. The predicted octanol–water partition coefficient (Wildman–Crippen LogP) is 3.56. The lowest BCUT2D eigenvalue weighted by atomic mass is 10.0. The maximum absolute atomic E-state index is 12.6. The molecule has 1 heterocycles. The van der Waals surface area contributed by atoms with Crippen LogP contribution < -0.4 is 5.32 Å². The summed E-state index contributed by atoms with van der Waals surface area (Å²) in [5, 5.41) is 3.67. The van der Waals surface area contributed by atoms with Crippen LogP contribution in [0.3, 0.4) is 0 Å². The summed E-state index contributed by atoms with van der Waals surface area (Å²) in [7, 11) is -0.563. The van der Waals surface area contributed by atoms with E-state index in [1.54, 1.807) is 11.8 Å². The molecule has 26 heavy (non-hydrogen) atoms. The molecule has 1 aliphatic heterocycles. The van der Waals surface area contributed by atoms with E-state index in [4.69, 9.17) is 11.6 Å². The Hall–Kier alpha value is -1.54. The third-order valence-electron chi connectivity index (χ3n) is 4.21. The molecule has 138 valence electrons. The summed E-state index contributed by atoms with van der Waals surface area (Å²) in [4.78, 5) is 13.9. The second-order valence-corrected chi connectivity index (χ2v) is 9.88. The van der Waals surface area contributed by atoms with E-state index in [9.17, 15) is 13.2 Å². The minimum absolute atomic E-state index is 0.109. The number of rotatable bonds is 4. The van der Waals surface area contributed by atoms with Crippen LogP contribution in [0.25, 0.3) is 0 Å². The molecular weight excluding hydrogens is 392 g/mol. The van der Waals surface area contributed by atoms with Crippen molar-refractivity contribution < 1.29 is 13.2 Å². The largest absolute Gasteiger partial charge is 0.345 e. The van der Waals surface area contributed by atoms with Crippen LogP contribution in [0.2, 0.25) is 5.02 Å². The summed E-state index contributed by atoms with van der Waals surface area (Å²) in [5.74, 6) is 0.682. The lowest BCUT2D eigenvalue weighted by Gasteiger charge is -2.26. The van der Waals surface area contributed by atoms with Crippen LogP contribution in [0.4, 0.5) is 0 Å². The summed E-state index contributed by atoms with van der Waals surface area (Å²) in [5.41, 5.74) is 1.44. The Morgan fingerprint density at radius 3 is 2.54 bits per heavy atom. The van der Waals surface area contributed by atoms with E-state index in [-0.39, 0.29) is 16.8 Å². The fourth-order valence-electron chi connectivity index (χ4n) is 2.75. The maximum Gasteiger partial charge on any atom is 0.251 e. The topological polar surface area (TPSA) is 66.5 Å². The van der Waals surface area contributed by atoms with Crippen LogP contribution >= 0.6 is 23.4 Å². The number of carbonyl (C=O) groups is 1. The summed E-state index contributed by atoms with van der Waals surface area (Å²) in [6.07, 6.45) is 0.816. The molecule has 0 aliphatic carbocycles. The van der Waals surface area contributed by atoms with Crippen LogP contribution in [0.15, 0.2) is 52.3 Å². The molecule has 0 spiro atoms. The molecule has 0 saturated heterocycles. The van der Waals surface area contributed by atoms with Crippen molar-refractivity contribution in [1.82, 2.24) is 9.62 Å². The van der Waals surface area contributed by atoms with Gasteiger partial charge < -0.3 is 5.32 Å². The van der Waals surface area contributed by atoms with Gasteiger partial charge in [0, 0.05) is 35.3 Å². The molecule has 0 aromatic heterocycles. The molecular formula is C18H19ClN2O3S2. The van der Waals surface area contributed by atoms with Crippen LogP contribution in [-0.2, 0) is 10.0 Å². The Bertz CT molecular complexity index is 928. The van der Waals surface area contributed by atoms with Crippen LogP contribution in [-0.4, -0.2) is 38.5 Å². The zero-order valence-corrected chi connectivity index (χ0v) is 16.8. The fourth-order valence-corrected chi connectivity index (χ4v) is 4.93. The Morgan fingerprint density at radius 1 is 1.19 bits per heavy atom. The highest BCUT2D eigenvalue weighted by Crippen LogP contribution is 2.37. The van der Waals surface area contributed by atoms with Gasteiger partial charge in [0.2, 0.25) is 10.0 Å². The van der Waals surface area contributed by atoms with Gasteiger partial charge in [0.15, 0.2) is 0 Å². The average molecular weight is 411 g/mol. The van der Waals surface area contributed by atoms with E-state index in [0.29, 0.717) is 10.6 Å². The molecule has 0 saturated carbocycles. The van der Waals surface area contributed by atoms with Gasteiger partial charge >= 0.3 is 0 Å². The molecule has 1 aliphatic rings. The van der Waals surface area contributed by atoms with Gasteiger partial charge in [0.1, 0.15) is 0 Å². The summed E-state index contributed by atoms with van der Waals surface area (Å²) in [6.45, 7) is 0. The SMILES string of the molecule is CN(C)S(=O)(=O)c1ccc(C(=O)NC2CCSc3ccc(Cl)cc32)cc1. The van der Waals surface area contributed by atoms with Crippen molar-refractivity contribution in [3.63, 3.8) is 0 Å². The van der Waals surface area contributed by atoms with E-state index in [1.165, 1.54) is 38.4 Å². The Labute approximate surface area is 162 Å². The predicted molar refractivity (Wildman–Crippen MR) is 104 cm³/mol. The first-order chi connectivity index (χ1) is 12.3. The Balaban J connectivity index is 1.79. The third kappa shape index (κ3) is 3.91. The number of amides is 1. The first-order valence-electron chi connectivity index (χ1n) is 8.05. The number of carbonyl (C=O) groups excluding carboxylic acids is 1. The molecule has 5 nitrogen and oxygen atoms in total. The van der Waals surface area contributed by atoms with E-state index in [2.05, 4.69) is 5.32 Å². The molecule has 1 N–H and O–H groups in total. The quantitative estimate of drug-likeness (QED) is 0.836. The molecule has 2 aromatic carbocycles. The summed E-state index contributed by atoms with van der Waals surface area (Å²) >= 11 is 7.85. The van der Waals surface area contributed by atoms with Gasteiger partial charge in [-0.25, -0.2) is 12.7 Å².